The Morgan fingerprint density at radius 3 is 1.55 bits per heavy atom. The fourth-order valence-corrected chi connectivity index (χ4v) is 2.50. The molecule has 0 saturated carbocycles. The van der Waals surface area contributed by atoms with E-state index in [0.29, 0.717) is 0 Å². The van der Waals surface area contributed by atoms with Crippen molar-refractivity contribution < 1.29 is 0 Å². The summed E-state index contributed by atoms with van der Waals surface area (Å²) in [7, 11) is 0. The quantitative estimate of drug-likeness (QED) is 0.554. The second kappa shape index (κ2) is 9.39. The van der Waals surface area contributed by atoms with E-state index in [1.165, 1.54) is 6.42 Å². The Morgan fingerprint density at radius 1 is 0.773 bits per heavy atom. The highest BCUT2D eigenvalue weighted by molar-refractivity contribution is 5.34. The van der Waals surface area contributed by atoms with Gasteiger partial charge in [0.15, 0.2) is 0 Å². The third-order valence-corrected chi connectivity index (χ3v) is 4.21. The molecule has 2 nitrogen and oxygen atoms in total. The second-order valence-electron chi connectivity index (χ2n) is 5.90. The van der Waals surface area contributed by atoms with Crippen molar-refractivity contribution >= 4 is 0 Å². The smallest absolute Gasteiger partial charge is 0.0506 e. The molecule has 0 aromatic carbocycles. The van der Waals surface area contributed by atoms with Gasteiger partial charge in [-0.3, -0.25) is 9.80 Å². The molecule has 0 unspecified atom stereocenters. The van der Waals surface area contributed by atoms with Crippen LogP contribution in [0.1, 0.15) is 19.3 Å². The molecule has 0 atom stereocenters. The summed E-state index contributed by atoms with van der Waals surface area (Å²) in [5.74, 6) is 0. The van der Waals surface area contributed by atoms with E-state index >= 15 is 0 Å². The molecule has 1 fully saturated rings. The molecule has 1 rings (SSSR count). The lowest BCUT2D eigenvalue weighted by molar-refractivity contribution is 0.0882. The Kier molecular flexibility index (Phi) is 7.86. The van der Waals surface area contributed by atoms with Crippen LogP contribution in [-0.4, -0.2) is 42.6 Å². The molecule has 1 aliphatic rings. The zero-order chi connectivity index (χ0) is 16.5. The maximum Gasteiger partial charge on any atom is 0.0506 e. The summed E-state index contributed by atoms with van der Waals surface area (Å²) in [6.45, 7) is 28.9. The van der Waals surface area contributed by atoms with Crippen LogP contribution >= 0.6 is 0 Å². The topological polar surface area (TPSA) is 6.48 Å². The summed E-state index contributed by atoms with van der Waals surface area (Å²) in [6, 6.07) is 0. The van der Waals surface area contributed by atoms with Gasteiger partial charge in [0.25, 0.3) is 0 Å². The summed E-state index contributed by atoms with van der Waals surface area (Å²) in [4.78, 5) is 4.96. The van der Waals surface area contributed by atoms with E-state index in [-0.39, 0.29) is 0 Å². The molecule has 0 amide bonds. The monoisotopic (exact) mass is 298 g/mol. The lowest BCUT2D eigenvalue weighted by atomic mass is 10.1. The van der Waals surface area contributed by atoms with Crippen LogP contribution in [0.25, 0.3) is 0 Å². The minimum atomic E-state index is 0.952. The SMILES string of the molecule is C=CC(=C)C(=C)CCN1CCCN(CCC(=C)C(=C)C=C)C1. The van der Waals surface area contributed by atoms with Gasteiger partial charge in [0, 0.05) is 26.2 Å². The molecule has 0 spiro atoms. The predicted octanol–water partition coefficient (Wildman–Crippen LogP) is 4.33. The maximum atomic E-state index is 4.08. The average Bonchev–Trinajstić information content (AvgIpc) is 2.56. The van der Waals surface area contributed by atoms with Gasteiger partial charge in [-0.15, -0.1) is 0 Å². The van der Waals surface area contributed by atoms with Gasteiger partial charge < -0.3 is 0 Å². The molecule has 1 aliphatic heterocycles. The first-order valence-corrected chi connectivity index (χ1v) is 7.91. The first-order chi connectivity index (χ1) is 10.5. The molecular formula is C20H30N2. The van der Waals surface area contributed by atoms with Crippen molar-refractivity contribution in [2.45, 2.75) is 19.3 Å². The molecule has 0 aliphatic carbocycles. The van der Waals surface area contributed by atoms with E-state index < -0.39 is 0 Å². The van der Waals surface area contributed by atoms with Crippen molar-refractivity contribution in [1.29, 1.82) is 0 Å². The standard InChI is InChI=1S/C20H30N2/c1-7-17(3)19(5)10-14-21-12-9-13-22(16-21)15-11-20(6)18(4)8-2/h7-8H,1-6,9-16H2. The molecule has 1 saturated heterocycles. The Balaban J connectivity index is 2.35. The highest BCUT2D eigenvalue weighted by Crippen LogP contribution is 2.16. The van der Waals surface area contributed by atoms with Crippen LogP contribution in [0.4, 0.5) is 0 Å². The van der Waals surface area contributed by atoms with Gasteiger partial charge in [0.05, 0.1) is 6.67 Å². The molecule has 1 heterocycles. The fraction of sp³-hybridized carbons (Fsp3) is 0.400. The van der Waals surface area contributed by atoms with Crippen LogP contribution in [-0.2, 0) is 0 Å². The number of allylic oxidation sites excluding steroid dienone is 4. The summed E-state index contributed by atoms with van der Waals surface area (Å²) in [5, 5.41) is 0. The van der Waals surface area contributed by atoms with E-state index in [1.807, 2.05) is 0 Å². The van der Waals surface area contributed by atoms with Crippen molar-refractivity contribution in [1.82, 2.24) is 9.80 Å². The van der Waals surface area contributed by atoms with Gasteiger partial charge in [-0.05, 0) is 41.6 Å². The molecule has 0 radical (unpaired) electrons. The zero-order valence-electron chi connectivity index (χ0n) is 13.9. The molecule has 22 heavy (non-hydrogen) atoms. The van der Waals surface area contributed by atoms with Gasteiger partial charge in [-0.25, -0.2) is 0 Å². The van der Waals surface area contributed by atoms with Crippen LogP contribution in [0, 0.1) is 0 Å². The fourth-order valence-electron chi connectivity index (χ4n) is 2.50. The summed E-state index contributed by atoms with van der Waals surface area (Å²) >= 11 is 0. The Morgan fingerprint density at radius 2 is 1.18 bits per heavy atom. The van der Waals surface area contributed by atoms with Crippen LogP contribution in [0.3, 0.4) is 0 Å². The van der Waals surface area contributed by atoms with E-state index in [2.05, 4.69) is 49.3 Å². The normalized spacial score (nSPS) is 16.0. The van der Waals surface area contributed by atoms with Gasteiger partial charge in [0.2, 0.25) is 0 Å². The summed E-state index contributed by atoms with van der Waals surface area (Å²) in [6.07, 6.45) is 6.69. The lowest BCUT2D eigenvalue weighted by Crippen LogP contribution is -2.45. The zero-order valence-corrected chi connectivity index (χ0v) is 13.9. The largest absolute Gasteiger partial charge is 0.290 e. The van der Waals surface area contributed by atoms with Gasteiger partial charge in [-0.1, -0.05) is 51.6 Å². The molecule has 2 heteroatoms. The first kappa shape index (κ1) is 18.4. The lowest BCUT2D eigenvalue weighted by Gasteiger charge is -2.36. The molecule has 120 valence electrons. The van der Waals surface area contributed by atoms with Gasteiger partial charge in [0.1, 0.15) is 0 Å². The van der Waals surface area contributed by atoms with Crippen LogP contribution in [0.2, 0.25) is 0 Å². The third kappa shape index (κ3) is 6.00. The van der Waals surface area contributed by atoms with Crippen LogP contribution in [0.15, 0.2) is 73.9 Å². The average molecular weight is 298 g/mol. The number of hydrogen-bond donors (Lipinski definition) is 0. The Labute approximate surface area is 136 Å². The molecule has 0 aromatic rings. The minimum absolute atomic E-state index is 0.952. The molecule has 0 bridgehead atoms. The van der Waals surface area contributed by atoms with Crippen molar-refractivity contribution in [3.05, 3.63) is 73.9 Å². The van der Waals surface area contributed by atoms with Gasteiger partial charge in [-0.2, -0.15) is 0 Å². The number of hydrogen-bond acceptors (Lipinski definition) is 2. The molecule has 0 aromatic heterocycles. The Hall–Kier alpha value is -1.64. The van der Waals surface area contributed by atoms with E-state index in [1.54, 1.807) is 12.2 Å². The summed E-state index contributed by atoms with van der Waals surface area (Å²) < 4.78 is 0. The van der Waals surface area contributed by atoms with E-state index in [9.17, 15) is 0 Å². The second-order valence-corrected chi connectivity index (χ2v) is 5.90. The molecular weight excluding hydrogens is 268 g/mol. The minimum Gasteiger partial charge on any atom is -0.290 e. The first-order valence-electron chi connectivity index (χ1n) is 7.91. The summed E-state index contributed by atoms with van der Waals surface area (Å²) in [5.41, 5.74) is 4.08. The van der Waals surface area contributed by atoms with E-state index in [4.69, 9.17) is 0 Å². The highest BCUT2D eigenvalue weighted by atomic mass is 15.3. The van der Waals surface area contributed by atoms with Crippen molar-refractivity contribution in [2.75, 3.05) is 32.8 Å². The predicted molar refractivity (Wildman–Crippen MR) is 98.8 cm³/mol. The van der Waals surface area contributed by atoms with Crippen LogP contribution in [0.5, 0.6) is 0 Å². The maximum absolute atomic E-state index is 4.08. The Bertz CT molecular complexity index is 428. The van der Waals surface area contributed by atoms with Crippen molar-refractivity contribution in [2.24, 2.45) is 0 Å². The van der Waals surface area contributed by atoms with E-state index in [0.717, 1.165) is 68.0 Å². The number of nitrogens with zero attached hydrogens (tertiary/aromatic N) is 2. The third-order valence-electron chi connectivity index (χ3n) is 4.21. The van der Waals surface area contributed by atoms with Crippen LogP contribution < -0.4 is 0 Å². The number of rotatable bonds is 10. The highest BCUT2D eigenvalue weighted by Gasteiger charge is 2.17. The van der Waals surface area contributed by atoms with Crippen molar-refractivity contribution in [3.63, 3.8) is 0 Å². The molecule has 0 N–H and O–H groups in total. The van der Waals surface area contributed by atoms with Gasteiger partial charge >= 0.3 is 0 Å². The van der Waals surface area contributed by atoms with Crippen molar-refractivity contribution in [3.8, 4) is 0 Å².